The Morgan fingerprint density at radius 2 is 1.96 bits per heavy atom. The Bertz CT molecular complexity index is 754. The van der Waals surface area contributed by atoms with Crippen LogP contribution in [0.5, 0.6) is 5.75 Å². The lowest BCUT2D eigenvalue weighted by molar-refractivity contribution is 0.0924. The Morgan fingerprint density at radius 3 is 2.70 bits per heavy atom. The number of nitrogens with zero attached hydrogens (tertiary/aromatic N) is 1. The van der Waals surface area contributed by atoms with Gasteiger partial charge in [-0.05, 0) is 55.6 Å². The third-order valence-corrected chi connectivity index (χ3v) is 5.29. The van der Waals surface area contributed by atoms with E-state index in [4.69, 9.17) is 9.47 Å². The van der Waals surface area contributed by atoms with Gasteiger partial charge in [0.2, 0.25) is 0 Å². The van der Waals surface area contributed by atoms with Crippen LogP contribution in [-0.2, 0) is 4.74 Å². The van der Waals surface area contributed by atoms with E-state index in [1.54, 1.807) is 7.11 Å². The molecule has 0 aromatic heterocycles. The minimum atomic E-state index is -0.0444. The van der Waals surface area contributed by atoms with Crippen LogP contribution in [0.2, 0.25) is 0 Å². The highest BCUT2D eigenvalue weighted by Crippen LogP contribution is 2.28. The highest BCUT2D eigenvalue weighted by atomic mass is 16.5. The molecule has 1 fully saturated rings. The summed E-state index contributed by atoms with van der Waals surface area (Å²) in [7, 11) is 1.74. The molecule has 0 spiro atoms. The molecule has 1 aliphatic rings. The third-order valence-electron chi connectivity index (χ3n) is 5.29. The zero-order valence-electron chi connectivity index (χ0n) is 16.4. The second kappa shape index (κ2) is 9.72. The highest BCUT2D eigenvalue weighted by Gasteiger charge is 2.21. The van der Waals surface area contributed by atoms with E-state index in [0.29, 0.717) is 30.4 Å². The number of benzene rings is 2. The maximum atomic E-state index is 13.0. The van der Waals surface area contributed by atoms with Crippen molar-refractivity contribution in [1.29, 1.82) is 0 Å². The van der Waals surface area contributed by atoms with Gasteiger partial charge in [0.15, 0.2) is 0 Å². The molecular weight excluding hydrogens is 340 g/mol. The predicted octanol–water partition coefficient (Wildman–Crippen LogP) is 3.33. The summed E-state index contributed by atoms with van der Waals surface area (Å²) in [5.41, 5.74) is 0.646. The topological polar surface area (TPSA) is 50.8 Å². The molecule has 27 heavy (non-hydrogen) atoms. The van der Waals surface area contributed by atoms with Gasteiger partial charge < -0.3 is 19.7 Å². The second-order valence-electron chi connectivity index (χ2n) is 7.08. The number of carbonyl (C=O) groups is 1. The Balaban J connectivity index is 1.64. The van der Waals surface area contributed by atoms with Crippen molar-refractivity contribution in [3.05, 3.63) is 42.0 Å². The molecule has 5 heteroatoms. The zero-order chi connectivity index (χ0) is 19.1. The van der Waals surface area contributed by atoms with E-state index in [1.807, 2.05) is 43.3 Å². The number of methoxy groups -OCH3 is 1. The number of carbonyl (C=O) groups excluding carboxylic acids is 1. The fourth-order valence-corrected chi connectivity index (χ4v) is 3.72. The average molecular weight is 370 g/mol. The number of likely N-dealkylation sites (tertiary alicyclic amines) is 1. The predicted molar refractivity (Wildman–Crippen MR) is 108 cm³/mol. The average Bonchev–Trinajstić information content (AvgIpc) is 2.71. The lowest BCUT2D eigenvalue weighted by atomic mass is 9.96. The zero-order valence-corrected chi connectivity index (χ0v) is 16.4. The van der Waals surface area contributed by atoms with Gasteiger partial charge in [-0.1, -0.05) is 30.3 Å². The first-order valence-corrected chi connectivity index (χ1v) is 9.87. The van der Waals surface area contributed by atoms with E-state index < -0.39 is 0 Å². The van der Waals surface area contributed by atoms with Crippen LogP contribution >= 0.6 is 0 Å². The van der Waals surface area contributed by atoms with Gasteiger partial charge in [-0.15, -0.1) is 0 Å². The first-order valence-electron chi connectivity index (χ1n) is 9.87. The highest BCUT2D eigenvalue weighted by molar-refractivity contribution is 6.09. The Morgan fingerprint density at radius 1 is 1.19 bits per heavy atom. The summed E-state index contributed by atoms with van der Waals surface area (Å²) in [5.74, 6) is 1.14. The van der Waals surface area contributed by atoms with Crippen molar-refractivity contribution in [2.75, 3.05) is 46.5 Å². The molecule has 0 aliphatic carbocycles. The minimum Gasteiger partial charge on any atom is -0.493 e. The largest absolute Gasteiger partial charge is 0.493 e. The van der Waals surface area contributed by atoms with E-state index in [1.165, 1.54) is 0 Å². The van der Waals surface area contributed by atoms with Gasteiger partial charge in [-0.25, -0.2) is 0 Å². The quantitative estimate of drug-likeness (QED) is 0.774. The van der Waals surface area contributed by atoms with Gasteiger partial charge in [-0.2, -0.15) is 0 Å². The molecule has 0 radical (unpaired) electrons. The number of hydrogen-bond donors (Lipinski definition) is 1. The first kappa shape index (κ1) is 19.6. The standard InChI is InChI=1S/C22H30N2O3/c1-3-27-20-9-8-18-6-4-5-7-19(18)21(20)22(25)23-16-17-10-12-24(13-11-17)14-15-26-2/h4-9,17H,3,10-16H2,1-2H3,(H,23,25). The van der Waals surface area contributed by atoms with Crippen LogP contribution in [-0.4, -0.2) is 57.3 Å². The number of fused-ring (bicyclic) bond motifs is 1. The molecule has 3 rings (SSSR count). The number of nitrogens with one attached hydrogen (secondary N) is 1. The van der Waals surface area contributed by atoms with Crippen LogP contribution in [0.25, 0.3) is 10.8 Å². The van der Waals surface area contributed by atoms with Crippen LogP contribution in [0.3, 0.4) is 0 Å². The molecule has 1 N–H and O–H groups in total. The van der Waals surface area contributed by atoms with E-state index in [9.17, 15) is 4.79 Å². The van der Waals surface area contributed by atoms with Gasteiger partial charge in [0.25, 0.3) is 5.91 Å². The molecular formula is C22H30N2O3. The lowest BCUT2D eigenvalue weighted by Crippen LogP contribution is -2.39. The van der Waals surface area contributed by atoms with Crippen LogP contribution in [0.15, 0.2) is 36.4 Å². The molecule has 1 heterocycles. The number of hydrogen-bond acceptors (Lipinski definition) is 4. The van der Waals surface area contributed by atoms with Gasteiger partial charge >= 0.3 is 0 Å². The molecule has 0 atom stereocenters. The molecule has 5 nitrogen and oxygen atoms in total. The van der Waals surface area contributed by atoms with E-state index in [-0.39, 0.29) is 5.91 Å². The van der Waals surface area contributed by atoms with Gasteiger partial charge in [0.1, 0.15) is 5.75 Å². The van der Waals surface area contributed by atoms with Crippen molar-refractivity contribution >= 4 is 16.7 Å². The fraction of sp³-hybridized carbons (Fsp3) is 0.500. The molecule has 1 amide bonds. The van der Waals surface area contributed by atoms with Crippen molar-refractivity contribution in [3.8, 4) is 5.75 Å². The molecule has 1 saturated heterocycles. The Hall–Kier alpha value is -2.11. The van der Waals surface area contributed by atoms with E-state index in [0.717, 1.165) is 49.9 Å². The summed E-state index contributed by atoms with van der Waals surface area (Å²) in [6, 6.07) is 11.9. The third kappa shape index (κ3) is 4.99. The van der Waals surface area contributed by atoms with Gasteiger partial charge in [-0.3, -0.25) is 4.79 Å². The molecule has 0 saturated carbocycles. The lowest BCUT2D eigenvalue weighted by Gasteiger charge is -2.31. The van der Waals surface area contributed by atoms with Crippen LogP contribution in [0.4, 0.5) is 0 Å². The van der Waals surface area contributed by atoms with Crippen LogP contribution in [0.1, 0.15) is 30.1 Å². The smallest absolute Gasteiger partial charge is 0.255 e. The Kier molecular flexibility index (Phi) is 7.07. The van der Waals surface area contributed by atoms with Crippen molar-refractivity contribution in [1.82, 2.24) is 10.2 Å². The van der Waals surface area contributed by atoms with Crippen molar-refractivity contribution in [3.63, 3.8) is 0 Å². The fourth-order valence-electron chi connectivity index (χ4n) is 3.72. The molecule has 146 valence electrons. The maximum absolute atomic E-state index is 13.0. The van der Waals surface area contributed by atoms with E-state index in [2.05, 4.69) is 10.2 Å². The first-order chi connectivity index (χ1) is 13.2. The number of ether oxygens (including phenoxy) is 2. The molecule has 2 aromatic rings. The number of piperidine rings is 1. The second-order valence-corrected chi connectivity index (χ2v) is 7.08. The summed E-state index contributed by atoms with van der Waals surface area (Å²) in [5, 5.41) is 5.15. The van der Waals surface area contributed by atoms with Crippen LogP contribution in [0, 0.1) is 5.92 Å². The summed E-state index contributed by atoms with van der Waals surface area (Å²) >= 11 is 0. The normalized spacial score (nSPS) is 15.8. The van der Waals surface area contributed by atoms with Crippen molar-refractivity contribution in [2.24, 2.45) is 5.92 Å². The Labute approximate surface area is 161 Å². The van der Waals surface area contributed by atoms with Crippen LogP contribution < -0.4 is 10.1 Å². The monoisotopic (exact) mass is 370 g/mol. The summed E-state index contributed by atoms with van der Waals surface area (Å²) in [4.78, 5) is 15.4. The van der Waals surface area contributed by atoms with E-state index >= 15 is 0 Å². The van der Waals surface area contributed by atoms with Crippen molar-refractivity contribution in [2.45, 2.75) is 19.8 Å². The van der Waals surface area contributed by atoms with Gasteiger partial charge in [0.05, 0.1) is 18.8 Å². The molecule has 1 aliphatic heterocycles. The van der Waals surface area contributed by atoms with Gasteiger partial charge in [0, 0.05) is 20.2 Å². The summed E-state index contributed by atoms with van der Waals surface area (Å²) < 4.78 is 10.9. The maximum Gasteiger partial charge on any atom is 0.255 e. The molecule has 2 aromatic carbocycles. The molecule has 0 bridgehead atoms. The number of amides is 1. The molecule has 0 unspecified atom stereocenters. The SMILES string of the molecule is CCOc1ccc2ccccc2c1C(=O)NCC1CCN(CCOC)CC1. The number of rotatable bonds is 8. The van der Waals surface area contributed by atoms with Crippen molar-refractivity contribution < 1.29 is 14.3 Å². The summed E-state index contributed by atoms with van der Waals surface area (Å²) in [6.07, 6.45) is 2.22. The minimum absolute atomic E-state index is 0.0444. The summed E-state index contributed by atoms with van der Waals surface area (Å²) in [6.45, 7) is 7.11.